The molecule has 0 spiro atoms. The molecule has 1 aromatic rings. The molecule has 0 aromatic carbocycles. The van der Waals surface area contributed by atoms with Crippen LogP contribution in [0.1, 0.15) is 17.0 Å². The number of hydrogen-bond acceptors (Lipinski definition) is 7. The number of morpholine rings is 1. The van der Waals surface area contributed by atoms with Crippen LogP contribution in [0.4, 0.5) is 0 Å². The maximum atomic E-state index is 5.42. The van der Waals surface area contributed by atoms with Crippen LogP contribution < -0.4 is 5.32 Å². The van der Waals surface area contributed by atoms with Crippen molar-refractivity contribution >= 4 is 23.5 Å². The van der Waals surface area contributed by atoms with E-state index in [0.29, 0.717) is 11.3 Å². The summed E-state index contributed by atoms with van der Waals surface area (Å²) < 4.78 is 10.8. The summed E-state index contributed by atoms with van der Waals surface area (Å²) in [6, 6.07) is 0.306. The molecule has 0 radical (unpaired) electrons. The average molecular weight is 287 g/mol. The van der Waals surface area contributed by atoms with Crippen LogP contribution in [0.3, 0.4) is 0 Å². The van der Waals surface area contributed by atoms with Crippen molar-refractivity contribution < 1.29 is 9.26 Å². The highest BCUT2D eigenvalue weighted by Gasteiger charge is 2.23. The van der Waals surface area contributed by atoms with Crippen molar-refractivity contribution in [2.45, 2.75) is 17.7 Å². The molecule has 0 amide bonds. The quantitative estimate of drug-likeness (QED) is 0.894. The van der Waals surface area contributed by atoms with Crippen molar-refractivity contribution in [2.75, 3.05) is 37.0 Å². The van der Waals surface area contributed by atoms with Gasteiger partial charge >= 0.3 is 0 Å². The van der Waals surface area contributed by atoms with E-state index in [1.54, 1.807) is 0 Å². The summed E-state index contributed by atoms with van der Waals surface area (Å²) in [4.78, 5) is 4.52. The lowest BCUT2D eigenvalue weighted by molar-refractivity contribution is 0.0744. The Balaban J connectivity index is 1.58. The van der Waals surface area contributed by atoms with Gasteiger partial charge in [0.25, 0.3) is 0 Å². The van der Waals surface area contributed by atoms with Crippen molar-refractivity contribution in [3.05, 3.63) is 11.7 Å². The van der Waals surface area contributed by atoms with E-state index < -0.39 is 0 Å². The largest absolute Gasteiger partial charge is 0.378 e. The number of thioether (sulfide) groups is 2. The molecule has 0 saturated carbocycles. The minimum Gasteiger partial charge on any atom is -0.378 e. The second-order valence-electron chi connectivity index (χ2n) is 4.41. The molecule has 3 heterocycles. The van der Waals surface area contributed by atoms with Gasteiger partial charge in [-0.25, -0.2) is 0 Å². The van der Waals surface area contributed by atoms with Gasteiger partial charge < -0.3 is 14.6 Å². The molecule has 0 bridgehead atoms. The van der Waals surface area contributed by atoms with E-state index in [1.807, 2.05) is 23.5 Å². The van der Waals surface area contributed by atoms with Gasteiger partial charge in [-0.15, -0.1) is 11.8 Å². The molecule has 0 aliphatic carbocycles. The highest BCUT2D eigenvalue weighted by molar-refractivity contribution is 8.06. The molecule has 1 aromatic heterocycles. The Morgan fingerprint density at radius 1 is 1.39 bits per heavy atom. The van der Waals surface area contributed by atoms with Crippen LogP contribution in [-0.2, 0) is 11.2 Å². The van der Waals surface area contributed by atoms with Crippen molar-refractivity contribution in [1.29, 1.82) is 0 Å². The third-order valence-corrected chi connectivity index (χ3v) is 5.76. The summed E-state index contributed by atoms with van der Waals surface area (Å²) in [7, 11) is 0. The zero-order valence-electron chi connectivity index (χ0n) is 10.1. The first-order valence-electron chi connectivity index (χ1n) is 6.25. The second kappa shape index (κ2) is 6.27. The first kappa shape index (κ1) is 12.8. The maximum Gasteiger partial charge on any atom is 0.228 e. The Kier molecular flexibility index (Phi) is 4.45. The zero-order chi connectivity index (χ0) is 12.2. The summed E-state index contributed by atoms with van der Waals surface area (Å²) in [5.74, 6) is 5.09. The Morgan fingerprint density at radius 2 is 2.39 bits per heavy atom. The maximum absolute atomic E-state index is 5.42. The summed E-state index contributed by atoms with van der Waals surface area (Å²) in [6.45, 7) is 2.42. The minimum atomic E-state index is 0.306. The third-order valence-electron chi connectivity index (χ3n) is 3.01. The van der Waals surface area contributed by atoms with Crippen LogP contribution in [0.2, 0.25) is 0 Å². The van der Waals surface area contributed by atoms with Crippen molar-refractivity contribution in [2.24, 2.45) is 0 Å². The fourth-order valence-electron chi connectivity index (χ4n) is 2.08. The number of nitrogens with one attached hydrogen (secondary N) is 1. The standard InChI is InChI=1S/C11H17N3O2S2/c1-2-15-6-8(12-1)5-10-13-11(14-16-10)9-7-17-3-4-18-9/h8-9,12H,1-7H2. The molecule has 2 aliphatic rings. The Labute approximate surface area is 115 Å². The number of hydrogen-bond donors (Lipinski definition) is 1. The van der Waals surface area contributed by atoms with Crippen molar-refractivity contribution in [3.63, 3.8) is 0 Å². The average Bonchev–Trinajstić information content (AvgIpc) is 2.89. The first-order chi connectivity index (χ1) is 8.92. The molecule has 18 heavy (non-hydrogen) atoms. The Bertz CT molecular complexity index is 376. The molecule has 2 saturated heterocycles. The minimum absolute atomic E-state index is 0.306. The molecule has 2 unspecified atom stereocenters. The SMILES string of the molecule is C1COCC(Cc2nc(C3CSCCS3)no2)N1. The monoisotopic (exact) mass is 287 g/mol. The number of ether oxygens (including phenoxy) is 1. The second-order valence-corrected chi connectivity index (χ2v) is 6.87. The number of aromatic nitrogens is 2. The summed E-state index contributed by atoms with van der Waals surface area (Å²) in [5.41, 5.74) is 0. The zero-order valence-corrected chi connectivity index (χ0v) is 11.8. The van der Waals surface area contributed by atoms with Gasteiger partial charge in [-0.1, -0.05) is 5.16 Å². The summed E-state index contributed by atoms with van der Waals surface area (Å²) in [5, 5.41) is 7.91. The molecule has 2 aliphatic heterocycles. The van der Waals surface area contributed by atoms with E-state index in [-0.39, 0.29) is 0 Å². The van der Waals surface area contributed by atoms with Gasteiger partial charge in [0.1, 0.15) is 0 Å². The van der Waals surface area contributed by atoms with Gasteiger partial charge in [-0.2, -0.15) is 16.7 Å². The van der Waals surface area contributed by atoms with Crippen LogP contribution in [0.15, 0.2) is 4.52 Å². The van der Waals surface area contributed by atoms with Crippen LogP contribution in [0.5, 0.6) is 0 Å². The van der Waals surface area contributed by atoms with E-state index in [1.165, 1.54) is 11.5 Å². The highest BCUT2D eigenvalue weighted by Crippen LogP contribution is 2.35. The Hall–Kier alpha value is -0.240. The summed E-state index contributed by atoms with van der Waals surface area (Å²) in [6.07, 6.45) is 0.761. The van der Waals surface area contributed by atoms with Gasteiger partial charge in [-0.3, -0.25) is 0 Å². The molecular formula is C11H17N3O2S2. The van der Waals surface area contributed by atoms with Crippen LogP contribution in [0, 0.1) is 0 Å². The molecule has 3 rings (SSSR count). The Morgan fingerprint density at radius 3 is 3.17 bits per heavy atom. The van der Waals surface area contributed by atoms with Crippen LogP contribution >= 0.6 is 23.5 Å². The van der Waals surface area contributed by atoms with E-state index in [4.69, 9.17) is 9.26 Å². The van der Waals surface area contributed by atoms with Gasteiger partial charge in [-0.05, 0) is 0 Å². The molecule has 5 nitrogen and oxygen atoms in total. The molecule has 2 fully saturated rings. The fourth-order valence-corrected chi connectivity index (χ4v) is 4.67. The number of rotatable bonds is 3. The normalized spacial score (nSPS) is 29.3. The molecule has 2 atom stereocenters. The lowest BCUT2D eigenvalue weighted by Gasteiger charge is -2.22. The van der Waals surface area contributed by atoms with Crippen LogP contribution in [0.25, 0.3) is 0 Å². The first-order valence-corrected chi connectivity index (χ1v) is 8.45. The number of nitrogens with zero attached hydrogens (tertiary/aromatic N) is 2. The predicted octanol–water partition coefficient (Wildman–Crippen LogP) is 1.12. The molecule has 7 heteroatoms. The van der Waals surface area contributed by atoms with Gasteiger partial charge in [0.2, 0.25) is 5.89 Å². The lowest BCUT2D eigenvalue weighted by atomic mass is 10.2. The van der Waals surface area contributed by atoms with Gasteiger partial charge in [0.15, 0.2) is 5.82 Å². The lowest BCUT2D eigenvalue weighted by Crippen LogP contribution is -2.42. The van der Waals surface area contributed by atoms with Crippen molar-refractivity contribution in [1.82, 2.24) is 15.5 Å². The predicted molar refractivity (Wildman–Crippen MR) is 73.1 cm³/mol. The van der Waals surface area contributed by atoms with E-state index in [2.05, 4.69) is 15.5 Å². The molecule has 1 N–H and O–H groups in total. The summed E-state index contributed by atoms with van der Waals surface area (Å²) >= 11 is 3.90. The highest BCUT2D eigenvalue weighted by atomic mass is 32.2. The molecular weight excluding hydrogens is 270 g/mol. The van der Waals surface area contributed by atoms with E-state index >= 15 is 0 Å². The van der Waals surface area contributed by atoms with E-state index in [0.717, 1.165) is 43.6 Å². The van der Waals surface area contributed by atoms with E-state index in [9.17, 15) is 0 Å². The van der Waals surface area contributed by atoms with Gasteiger partial charge in [0, 0.05) is 36.3 Å². The van der Waals surface area contributed by atoms with Crippen molar-refractivity contribution in [3.8, 4) is 0 Å². The van der Waals surface area contributed by atoms with Gasteiger partial charge in [0.05, 0.1) is 18.5 Å². The smallest absolute Gasteiger partial charge is 0.228 e. The molecule has 100 valence electrons. The van der Waals surface area contributed by atoms with Crippen LogP contribution in [-0.4, -0.2) is 53.2 Å². The topological polar surface area (TPSA) is 60.2 Å². The third kappa shape index (κ3) is 3.20. The fraction of sp³-hybridized carbons (Fsp3) is 0.818.